The summed E-state index contributed by atoms with van der Waals surface area (Å²) in [6.45, 7) is 2.69. The lowest BCUT2D eigenvalue weighted by atomic mass is 10.2. The van der Waals surface area contributed by atoms with Crippen LogP contribution in [0.2, 0.25) is 0 Å². The van der Waals surface area contributed by atoms with Gasteiger partial charge in [0.15, 0.2) is 6.29 Å². The molecule has 25 heavy (non-hydrogen) atoms. The van der Waals surface area contributed by atoms with E-state index in [1.54, 1.807) is 0 Å². The average Bonchev–Trinajstić information content (AvgIpc) is 2.99. The molecule has 2 saturated heterocycles. The van der Waals surface area contributed by atoms with Crippen molar-refractivity contribution in [1.82, 2.24) is 4.90 Å². The number of nitrogens with zero attached hydrogens (tertiary/aromatic N) is 3. The van der Waals surface area contributed by atoms with Gasteiger partial charge in [-0.3, -0.25) is 4.79 Å². The summed E-state index contributed by atoms with van der Waals surface area (Å²) in [6, 6.07) is 20.9. The van der Waals surface area contributed by atoms with Gasteiger partial charge in [-0.05, 0) is 37.1 Å². The summed E-state index contributed by atoms with van der Waals surface area (Å²) >= 11 is 0. The fraction of sp³-hybridized carbons (Fsp3) is 0.381. The minimum absolute atomic E-state index is 0.0320. The highest BCUT2D eigenvalue weighted by Gasteiger charge is 2.39. The van der Waals surface area contributed by atoms with Crippen LogP contribution >= 0.6 is 0 Å². The van der Waals surface area contributed by atoms with Crippen molar-refractivity contribution in [3.63, 3.8) is 0 Å². The Hall–Kier alpha value is -2.49. The number of hydrogen-bond donors (Lipinski definition) is 0. The fourth-order valence-electron chi connectivity index (χ4n) is 3.96. The number of rotatable bonds is 3. The molecule has 2 aliphatic heterocycles. The molecular formula is C21H25N3O. The molecule has 0 radical (unpaired) electrons. The van der Waals surface area contributed by atoms with E-state index in [1.165, 1.54) is 11.4 Å². The first-order valence-electron chi connectivity index (χ1n) is 9.27. The van der Waals surface area contributed by atoms with Crippen molar-refractivity contribution in [3.8, 4) is 0 Å². The van der Waals surface area contributed by atoms with Crippen molar-refractivity contribution in [1.29, 1.82) is 0 Å². The zero-order chi connectivity index (χ0) is 17.1. The van der Waals surface area contributed by atoms with Gasteiger partial charge in [0.25, 0.3) is 0 Å². The van der Waals surface area contributed by atoms with Crippen LogP contribution in [0, 0.1) is 0 Å². The molecule has 2 heterocycles. The first-order chi connectivity index (χ1) is 12.3. The van der Waals surface area contributed by atoms with E-state index in [9.17, 15) is 4.79 Å². The lowest BCUT2D eigenvalue weighted by molar-refractivity contribution is -0.132. The molecule has 2 aliphatic rings. The first kappa shape index (κ1) is 16.0. The van der Waals surface area contributed by atoms with Crippen molar-refractivity contribution in [2.45, 2.75) is 32.0 Å². The third-order valence-corrected chi connectivity index (χ3v) is 5.20. The van der Waals surface area contributed by atoms with E-state index in [-0.39, 0.29) is 12.2 Å². The van der Waals surface area contributed by atoms with E-state index in [0.29, 0.717) is 6.42 Å². The van der Waals surface area contributed by atoms with Crippen LogP contribution in [0.4, 0.5) is 11.4 Å². The minimum atomic E-state index is -0.0320. The van der Waals surface area contributed by atoms with E-state index in [4.69, 9.17) is 0 Å². The molecule has 4 rings (SSSR count). The van der Waals surface area contributed by atoms with Crippen molar-refractivity contribution >= 4 is 17.3 Å². The van der Waals surface area contributed by atoms with Gasteiger partial charge in [0.1, 0.15) is 0 Å². The predicted octanol–water partition coefficient (Wildman–Crippen LogP) is 3.70. The molecule has 0 aliphatic carbocycles. The predicted molar refractivity (Wildman–Crippen MR) is 102 cm³/mol. The Kier molecular flexibility index (Phi) is 4.59. The molecule has 0 bridgehead atoms. The number of likely N-dealkylation sites (tertiary alicyclic amines) is 1. The lowest BCUT2D eigenvalue weighted by Crippen LogP contribution is -2.55. The van der Waals surface area contributed by atoms with Gasteiger partial charge >= 0.3 is 0 Å². The highest BCUT2D eigenvalue weighted by molar-refractivity contribution is 5.78. The molecular weight excluding hydrogens is 310 g/mol. The Morgan fingerprint density at radius 2 is 1.20 bits per heavy atom. The molecule has 2 aromatic rings. The van der Waals surface area contributed by atoms with E-state index in [0.717, 1.165) is 38.9 Å². The van der Waals surface area contributed by atoms with Gasteiger partial charge in [-0.25, -0.2) is 0 Å². The van der Waals surface area contributed by atoms with Gasteiger partial charge in [-0.1, -0.05) is 42.8 Å². The van der Waals surface area contributed by atoms with Crippen LogP contribution in [0.3, 0.4) is 0 Å². The Balaban J connectivity index is 1.71. The van der Waals surface area contributed by atoms with E-state index in [1.807, 2.05) is 12.1 Å². The molecule has 0 saturated carbocycles. The number of para-hydroxylation sites is 2. The summed E-state index contributed by atoms with van der Waals surface area (Å²) in [6.07, 6.45) is 3.88. The molecule has 0 unspecified atom stereocenters. The van der Waals surface area contributed by atoms with Gasteiger partial charge in [0.2, 0.25) is 5.91 Å². The maximum absolute atomic E-state index is 12.8. The normalized spacial score (nSPS) is 19.4. The minimum Gasteiger partial charge on any atom is -0.332 e. The molecule has 0 spiro atoms. The summed E-state index contributed by atoms with van der Waals surface area (Å²) in [5.41, 5.74) is 2.37. The molecule has 130 valence electrons. The molecule has 4 nitrogen and oxygen atoms in total. The number of anilines is 2. The monoisotopic (exact) mass is 335 g/mol. The Morgan fingerprint density at radius 1 is 0.640 bits per heavy atom. The number of carbonyl (C=O) groups excluding carboxylic acids is 1. The summed E-state index contributed by atoms with van der Waals surface area (Å²) in [7, 11) is 0. The largest absolute Gasteiger partial charge is 0.332 e. The molecule has 2 fully saturated rings. The third kappa shape index (κ3) is 3.21. The lowest BCUT2D eigenvalue weighted by Gasteiger charge is -2.40. The van der Waals surface area contributed by atoms with Gasteiger partial charge in [-0.2, -0.15) is 0 Å². The quantitative estimate of drug-likeness (QED) is 0.856. The van der Waals surface area contributed by atoms with E-state index >= 15 is 0 Å². The van der Waals surface area contributed by atoms with Gasteiger partial charge in [-0.15, -0.1) is 0 Å². The van der Waals surface area contributed by atoms with Crippen molar-refractivity contribution < 1.29 is 4.79 Å². The second kappa shape index (κ2) is 7.18. The second-order valence-corrected chi connectivity index (χ2v) is 6.80. The summed E-state index contributed by atoms with van der Waals surface area (Å²) in [4.78, 5) is 19.7. The van der Waals surface area contributed by atoms with Crippen LogP contribution in [-0.4, -0.2) is 36.7 Å². The topological polar surface area (TPSA) is 26.8 Å². The average molecular weight is 335 g/mol. The number of benzene rings is 2. The molecule has 2 aromatic carbocycles. The Morgan fingerprint density at radius 3 is 1.76 bits per heavy atom. The van der Waals surface area contributed by atoms with E-state index < -0.39 is 0 Å². The van der Waals surface area contributed by atoms with Gasteiger partial charge in [0, 0.05) is 37.4 Å². The highest BCUT2D eigenvalue weighted by Crippen LogP contribution is 2.31. The molecule has 0 atom stereocenters. The molecule has 4 heteroatoms. The number of carbonyl (C=O) groups is 1. The van der Waals surface area contributed by atoms with Gasteiger partial charge < -0.3 is 14.7 Å². The van der Waals surface area contributed by atoms with Crippen molar-refractivity contribution in [2.75, 3.05) is 29.4 Å². The Bertz CT molecular complexity index is 656. The molecule has 1 amide bonds. The SMILES string of the molecule is O=C1CCCCCN1C1N(c2ccccc2)CCN1c1ccccc1. The maximum Gasteiger partial charge on any atom is 0.225 e. The third-order valence-electron chi connectivity index (χ3n) is 5.20. The highest BCUT2D eigenvalue weighted by atomic mass is 16.2. The Labute approximate surface area is 149 Å². The fourth-order valence-corrected chi connectivity index (χ4v) is 3.96. The maximum atomic E-state index is 12.8. The van der Waals surface area contributed by atoms with Crippen molar-refractivity contribution in [3.05, 3.63) is 60.7 Å². The summed E-state index contributed by atoms with van der Waals surface area (Å²) < 4.78 is 0. The van der Waals surface area contributed by atoms with Crippen LogP contribution in [0.25, 0.3) is 0 Å². The zero-order valence-corrected chi connectivity index (χ0v) is 14.6. The van der Waals surface area contributed by atoms with Crippen molar-refractivity contribution in [2.24, 2.45) is 0 Å². The smallest absolute Gasteiger partial charge is 0.225 e. The van der Waals surface area contributed by atoms with Crippen LogP contribution < -0.4 is 9.80 Å². The van der Waals surface area contributed by atoms with Crippen LogP contribution in [0.15, 0.2) is 60.7 Å². The van der Waals surface area contributed by atoms with Crippen LogP contribution in [0.1, 0.15) is 25.7 Å². The zero-order valence-electron chi connectivity index (χ0n) is 14.6. The first-order valence-corrected chi connectivity index (χ1v) is 9.27. The van der Waals surface area contributed by atoms with Crippen LogP contribution in [0.5, 0.6) is 0 Å². The van der Waals surface area contributed by atoms with Gasteiger partial charge in [0.05, 0.1) is 0 Å². The van der Waals surface area contributed by atoms with Crippen LogP contribution in [-0.2, 0) is 4.79 Å². The second-order valence-electron chi connectivity index (χ2n) is 6.80. The summed E-state index contributed by atoms with van der Waals surface area (Å²) in [5, 5.41) is 0. The molecule has 0 N–H and O–H groups in total. The standard InChI is InChI=1S/C21H25N3O/c25-20-14-8-3-9-15-24(20)21-22(18-10-4-1-5-11-18)16-17-23(21)19-12-6-2-7-13-19/h1-2,4-7,10-13,21H,3,8-9,14-17H2. The molecule has 0 aromatic heterocycles. The summed E-state index contributed by atoms with van der Waals surface area (Å²) in [5.74, 6) is 0.284. The number of hydrogen-bond acceptors (Lipinski definition) is 3. The van der Waals surface area contributed by atoms with E-state index in [2.05, 4.69) is 63.2 Å². The number of amides is 1.